The molecule has 2 aromatic heterocycles. The van der Waals surface area contributed by atoms with E-state index < -0.39 is 5.76 Å². The van der Waals surface area contributed by atoms with Crippen LogP contribution in [0.2, 0.25) is 0 Å². The summed E-state index contributed by atoms with van der Waals surface area (Å²) in [6.07, 6.45) is 1.63. The number of pyridine rings is 1. The molecule has 0 aliphatic heterocycles. The third-order valence-electron chi connectivity index (χ3n) is 3.13. The summed E-state index contributed by atoms with van der Waals surface area (Å²) in [5.41, 5.74) is 2.31. The minimum atomic E-state index is -0.526. The molecule has 6 nitrogen and oxygen atoms in total. The van der Waals surface area contributed by atoms with Gasteiger partial charge in [-0.1, -0.05) is 35.5 Å². The van der Waals surface area contributed by atoms with E-state index >= 15 is 0 Å². The van der Waals surface area contributed by atoms with Crippen LogP contribution in [0.1, 0.15) is 11.1 Å². The summed E-state index contributed by atoms with van der Waals surface area (Å²) in [5, 5.41) is 12.8. The van der Waals surface area contributed by atoms with Crippen molar-refractivity contribution in [2.24, 2.45) is 0 Å². The fraction of sp³-hybridized carbons (Fsp3) is 0.133. The highest BCUT2D eigenvalue weighted by Crippen LogP contribution is 2.14. The maximum atomic E-state index is 11.8. The summed E-state index contributed by atoms with van der Waals surface area (Å²) in [7, 11) is 0. The molecule has 0 aliphatic carbocycles. The van der Waals surface area contributed by atoms with Gasteiger partial charge in [0.15, 0.2) is 0 Å². The summed E-state index contributed by atoms with van der Waals surface area (Å²) in [6, 6.07) is 12.7. The number of nitrogens with zero attached hydrogens (tertiary/aromatic N) is 3. The highest BCUT2D eigenvalue weighted by molar-refractivity contribution is 5.48. The predicted molar refractivity (Wildman–Crippen MR) is 75.5 cm³/mol. The molecule has 1 N–H and O–H groups in total. The van der Waals surface area contributed by atoms with Crippen molar-refractivity contribution in [2.45, 2.75) is 13.2 Å². The normalized spacial score (nSPS) is 10.7. The van der Waals surface area contributed by atoms with Gasteiger partial charge in [-0.3, -0.25) is 14.1 Å². The van der Waals surface area contributed by atoms with Crippen LogP contribution >= 0.6 is 0 Å². The van der Waals surface area contributed by atoms with E-state index in [1.807, 2.05) is 30.3 Å². The van der Waals surface area contributed by atoms with Crippen molar-refractivity contribution in [3.63, 3.8) is 0 Å². The zero-order valence-corrected chi connectivity index (χ0v) is 11.1. The Morgan fingerprint density at radius 2 is 1.86 bits per heavy atom. The first-order valence-electron chi connectivity index (χ1n) is 6.44. The van der Waals surface area contributed by atoms with Gasteiger partial charge < -0.3 is 5.11 Å². The number of aliphatic hydroxyl groups is 1. The molecule has 1 aromatic carbocycles. The monoisotopic (exact) mass is 283 g/mol. The topological polar surface area (TPSA) is 81.2 Å². The third-order valence-corrected chi connectivity index (χ3v) is 3.13. The number of hydrogen-bond acceptors (Lipinski definition) is 5. The minimum absolute atomic E-state index is 0.00726. The van der Waals surface area contributed by atoms with Gasteiger partial charge in [-0.25, -0.2) is 4.79 Å². The Labute approximate surface area is 120 Å². The van der Waals surface area contributed by atoms with Gasteiger partial charge in [-0.2, -0.15) is 0 Å². The van der Waals surface area contributed by atoms with Crippen molar-refractivity contribution < 1.29 is 9.63 Å². The van der Waals surface area contributed by atoms with Crippen LogP contribution in [0, 0.1) is 0 Å². The van der Waals surface area contributed by atoms with Crippen LogP contribution in [-0.4, -0.2) is 19.8 Å². The molecule has 0 fully saturated rings. The molecule has 2 heterocycles. The lowest BCUT2D eigenvalue weighted by molar-refractivity contribution is 0.282. The second kappa shape index (κ2) is 5.72. The highest BCUT2D eigenvalue weighted by atomic mass is 16.5. The van der Waals surface area contributed by atoms with E-state index in [0.717, 1.165) is 11.1 Å². The predicted octanol–water partition coefficient (Wildman–Crippen LogP) is 1.44. The lowest BCUT2D eigenvalue weighted by atomic mass is 10.1. The fourth-order valence-electron chi connectivity index (χ4n) is 2.02. The Hall–Kier alpha value is -2.73. The average Bonchev–Trinajstić information content (AvgIpc) is 2.90. The lowest BCUT2D eigenvalue weighted by Crippen LogP contribution is -2.16. The number of benzene rings is 1. The van der Waals surface area contributed by atoms with Gasteiger partial charge in [-0.05, 0) is 23.3 Å². The molecule has 0 bridgehead atoms. The zero-order valence-electron chi connectivity index (χ0n) is 11.1. The molecule has 106 valence electrons. The molecule has 0 saturated carbocycles. The maximum Gasteiger partial charge on any atom is 0.442 e. The quantitative estimate of drug-likeness (QED) is 0.783. The molecule has 21 heavy (non-hydrogen) atoms. The van der Waals surface area contributed by atoms with E-state index in [2.05, 4.69) is 10.1 Å². The molecule has 6 heteroatoms. The van der Waals surface area contributed by atoms with Crippen LogP contribution in [0.3, 0.4) is 0 Å². The van der Waals surface area contributed by atoms with Gasteiger partial charge in [0.1, 0.15) is 5.69 Å². The van der Waals surface area contributed by atoms with E-state index in [9.17, 15) is 4.79 Å². The molecule has 3 rings (SSSR count). The van der Waals surface area contributed by atoms with Gasteiger partial charge in [0, 0.05) is 6.20 Å². The van der Waals surface area contributed by atoms with Crippen LogP contribution in [0.4, 0.5) is 0 Å². The van der Waals surface area contributed by atoms with Crippen LogP contribution in [0.25, 0.3) is 11.5 Å². The highest BCUT2D eigenvalue weighted by Gasteiger charge is 2.13. The van der Waals surface area contributed by atoms with Crippen molar-refractivity contribution in [3.05, 3.63) is 70.3 Å². The van der Waals surface area contributed by atoms with Crippen molar-refractivity contribution >= 4 is 0 Å². The van der Waals surface area contributed by atoms with E-state index in [0.29, 0.717) is 18.1 Å². The number of rotatable bonds is 4. The molecule has 0 radical (unpaired) electrons. The lowest BCUT2D eigenvalue weighted by Gasteiger charge is -2.05. The third kappa shape index (κ3) is 2.75. The Morgan fingerprint density at radius 3 is 2.52 bits per heavy atom. The van der Waals surface area contributed by atoms with Gasteiger partial charge in [0.25, 0.3) is 0 Å². The first-order chi connectivity index (χ1) is 10.3. The van der Waals surface area contributed by atoms with Crippen molar-refractivity contribution in [1.82, 2.24) is 14.7 Å². The average molecular weight is 283 g/mol. The van der Waals surface area contributed by atoms with Gasteiger partial charge in [-0.15, -0.1) is 0 Å². The molecule has 0 atom stereocenters. The van der Waals surface area contributed by atoms with Crippen LogP contribution in [0.5, 0.6) is 0 Å². The maximum absolute atomic E-state index is 11.8. The first-order valence-corrected chi connectivity index (χ1v) is 6.44. The van der Waals surface area contributed by atoms with Gasteiger partial charge >= 0.3 is 5.76 Å². The van der Waals surface area contributed by atoms with Crippen LogP contribution < -0.4 is 5.76 Å². The summed E-state index contributed by atoms with van der Waals surface area (Å²) in [5.74, 6) is -0.131. The van der Waals surface area contributed by atoms with E-state index in [1.165, 1.54) is 4.57 Å². The molecule has 3 aromatic rings. The molecule has 0 unspecified atom stereocenters. The van der Waals surface area contributed by atoms with Crippen molar-refractivity contribution in [3.8, 4) is 11.5 Å². The second-order valence-corrected chi connectivity index (χ2v) is 4.55. The molecule has 0 saturated heterocycles. The Bertz CT molecular complexity index is 776. The van der Waals surface area contributed by atoms with E-state index in [-0.39, 0.29) is 6.61 Å². The summed E-state index contributed by atoms with van der Waals surface area (Å²) in [4.78, 5) is 16.0. The SMILES string of the molecule is O=c1onc(-c2ccccn2)n1Cc1ccc(CO)cc1. The number of hydrogen-bond donors (Lipinski definition) is 1. The first kappa shape index (κ1) is 13.3. The summed E-state index contributed by atoms with van der Waals surface area (Å²) < 4.78 is 6.17. The summed E-state index contributed by atoms with van der Waals surface area (Å²) in [6.45, 7) is 0.326. The van der Waals surface area contributed by atoms with Gasteiger partial charge in [0.05, 0.1) is 13.2 Å². The zero-order chi connectivity index (χ0) is 14.7. The number of aromatic nitrogens is 3. The minimum Gasteiger partial charge on any atom is -0.392 e. The molecular weight excluding hydrogens is 270 g/mol. The fourth-order valence-corrected chi connectivity index (χ4v) is 2.02. The Balaban J connectivity index is 1.95. The smallest absolute Gasteiger partial charge is 0.392 e. The largest absolute Gasteiger partial charge is 0.442 e. The Kier molecular flexibility index (Phi) is 3.61. The Morgan fingerprint density at radius 1 is 1.10 bits per heavy atom. The molecular formula is C15H13N3O3. The van der Waals surface area contributed by atoms with Gasteiger partial charge in [0.2, 0.25) is 5.82 Å². The standard InChI is InChI=1S/C15H13N3O3/c19-10-12-6-4-11(5-7-12)9-18-14(17-21-15(18)20)13-3-1-2-8-16-13/h1-8,19H,9-10H2. The van der Waals surface area contributed by atoms with Crippen LogP contribution in [-0.2, 0) is 13.2 Å². The van der Waals surface area contributed by atoms with Crippen molar-refractivity contribution in [1.29, 1.82) is 0 Å². The second-order valence-electron chi connectivity index (χ2n) is 4.55. The molecule has 0 aliphatic rings. The van der Waals surface area contributed by atoms with E-state index in [1.54, 1.807) is 18.3 Å². The van der Waals surface area contributed by atoms with Crippen molar-refractivity contribution in [2.75, 3.05) is 0 Å². The molecule has 0 amide bonds. The van der Waals surface area contributed by atoms with Crippen LogP contribution in [0.15, 0.2) is 58.0 Å². The number of aliphatic hydroxyl groups excluding tert-OH is 1. The molecule has 0 spiro atoms. The van der Waals surface area contributed by atoms with E-state index in [4.69, 9.17) is 9.63 Å². The summed E-state index contributed by atoms with van der Waals surface area (Å²) >= 11 is 0.